The molecule has 1 atom stereocenters. The van der Waals surface area contributed by atoms with E-state index in [0.717, 1.165) is 43.9 Å². The Kier molecular flexibility index (Phi) is 4.94. The Hall–Kier alpha value is -2.21. The maximum absolute atomic E-state index is 13.1. The lowest BCUT2D eigenvalue weighted by Gasteiger charge is -2.32. The summed E-state index contributed by atoms with van der Waals surface area (Å²) in [6, 6.07) is 6.11. The highest BCUT2D eigenvalue weighted by Gasteiger charge is 2.26. The number of piperidine rings is 1. The molecule has 2 heterocycles. The van der Waals surface area contributed by atoms with Crippen LogP contribution in [-0.4, -0.2) is 47.3 Å². The van der Waals surface area contributed by atoms with Crippen LogP contribution in [0, 0.1) is 18.7 Å². The molecule has 1 N–H and O–H groups in total. The molecule has 0 aliphatic carbocycles. The highest BCUT2D eigenvalue weighted by molar-refractivity contribution is 5.95. The zero-order valence-corrected chi connectivity index (χ0v) is 14.1. The van der Waals surface area contributed by atoms with Gasteiger partial charge in [-0.3, -0.25) is 4.79 Å². The first-order valence-corrected chi connectivity index (χ1v) is 8.34. The van der Waals surface area contributed by atoms with Crippen molar-refractivity contribution in [3.63, 3.8) is 0 Å². The Labute approximate surface area is 141 Å². The third-order valence-corrected chi connectivity index (χ3v) is 4.61. The topological polar surface area (TPSA) is 50.2 Å². The molecule has 0 saturated carbocycles. The zero-order chi connectivity index (χ0) is 17.1. The summed E-state index contributed by atoms with van der Waals surface area (Å²) in [7, 11) is 1.94. The fraction of sp³-hybridized carbons (Fsp3) is 0.444. The zero-order valence-electron chi connectivity index (χ0n) is 14.1. The number of benzene rings is 1. The van der Waals surface area contributed by atoms with Gasteiger partial charge in [-0.1, -0.05) is 0 Å². The van der Waals surface area contributed by atoms with Crippen LogP contribution >= 0.6 is 0 Å². The second-order valence-corrected chi connectivity index (χ2v) is 6.35. The molecular formula is C18H23FN4O. The Morgan fingerprint density at radius 2 is 2.12 bits per heavy atom. The lowest BCUT2D eigenvalue weighted by Crippen LogP contribution is -2.42. The molecule has 1 unspecified atom stereocenters. The Balaban J connectivity index is 1.80. The SMILES string of the molecule is CNCC1CCCN(C(=O)c2cnn(-c3ccc(F)cc3)c2C)C1. The minimum Gasteiger partial charge on any atom is -0.338 e. The van der Waals surface area contributed by atoms with Gasteiger partial charge in [-0.05, 0) is 63.5 Å². The maximum atomic E-state index is 13.1. The number of nitrogens with zero attached hydrogens (tertiary/aromatic N) is 3. The van der Waals surface area contributed by atoms with E-state index in [1.807, 2.05) is 18.9 Å². The van der Waals surface area contributed by atoms with Gasteiger partial charge in [-0.2, -0.15) is 5.10 Å². The van der Waals surface area contributed by atoms with Gasteiger partial charge in [-0.15, -0.1) is 0 Å². The highest BCUT2D eigenvalue weighted by atomic mass is 19.1. The van der Waals surface area contributed by atoms with Crippen LogP contribution in [0.2, 0.25) is 0 Å². The van der Waals surface area contributed by atoms with Crippen molar-refractivity contribution in [2.45, 2.75) is 19.8 Å². The summed E-state index contributed by atoms with van der Waals surface area (Å²) >= 11 is 0. The fourth-order valence-corrected chi connectivity index (χ4v) is 3.34. The first-order chi connectivity index (χ1) is 11.6. The Morgan fingerprint density at radius 1 is 1.38 bits per heavy atom. The molecule has 1 saturated heterocycles. The van der Waals surface area contributed by atoms with Crippen molar-refractivity contribution >= 4 is 5.91 Å². The van der Waals surface area contributed by atoms with E-state index in [1.165, 1.54) is 12.1 Å². The first-order valence-electron chi connectivity index (χ1n) is 8.34. The summed E-state index contributed by atoms with van der Waals surface area (Å²) in [5.41, 5.74) is 2.14. The standard InChI is InChI=1S/C18H23FN4O/c1-13-17(11-21-23(13)16-7-5-15(19)6-8-16)18(24)22-9-3-4-14(12-22)10-20-2/h5-8,11,14,20H,3-4,9-10,12H2,1-2H3. The number of carbonyl (C=O) groups is 1. The van der Waals surface area contributed by atoms with Gasteiger partial charge in [-0.25, -0.2) is 9.07 Å². The van der Waals surface area contributed by atoms with E-state index in [0.29, 0.717) is 11.5 Å². The van der Waals surface area contributed by atoms with Crippen molar-refractivity contribution in [1.82, 2.24) is 20.0 Å². The Morgan fingerprint density at radius 3 is 2.83 bits per heavy atom. The lowest BCUT2D eigenvalue weighted by atomic mass is 9.97. The molecule has 1 aliphatic heterocycles. The molecule has 24 heavy (non-hydrogen) atoms. The average Bonchev–Trinajstić information content (AvgIpc) is 2.97. The fourth-order valence-electron chi connectivity index (χ4n) is 3.34. The number of hydrogen-bond acceptors (Lipinski definition) is 3. The molecule has 1 fully saturated rings. The van der Waals surface area contributed by atoms with Crippen molar-refractivity contribution in [3.8, 4) is 5.69 Å². The second kappa shape index (κ2) is 7.13. The van der Waals surface area contributed by atoms with Crippen LogP contribution in [0.5, 0.6) is 0 Å². The smallest absolute Gasteiger partial charge is 0.257 e. The van der Waals surface area contributed by atoms with Crippen molar-refractivity contribution in [1.29, 1.82) is 0 Å². The van der Waals surface area contributed by atoms with Gasteiger partial charge in [0.25, 0.3) is 5.91 Å². The van der Waals surface area contributed by atoms with Crippen molar-refractivity contribution < 1.29 is 9.18 Å². The molecule has 6 heteroatoms. The summed E-state index contributed by atoms with van der Waals surface area (Å²) in [4.78, 5) is 14.8. The van der Waals surface area contributed by atoms with Crippen LogP contribution in [0.3, 0.4) is 0 Å². The molecule has 128 valence electrons. The van der Waals surface area contributed by atoms with Crippen LogP contribution < -0.4 is 5.32 Å². The molecule has 1 aromatic heterocycles. The molecule has 0 bridgehead atoms. The van der Waals surface area contributed by atoms with Gasteiger partial charge < -0.3 is 10.2 Å². The molecule has 0 radical (unpaired) electrons. The monoisotopic (exact) mass is 330 g/mol. The number of hydrogen-bond donors (Lipinski definition) is 1. The summed E-state index contributed by atoms with van der Waals surface area (Å²) in [5.74, 6) is 0.241. The molecule has 3 rings (SSSR count). The second-order valence-electron chi connectivity index (χ2n) is 6.35. The van der Waals surface area contributed by atoms with Gasteiger partial charge in [0, 0.05) is 13.1 Å². The third-order valence-electron chi connectivity index (χ3n) is 4.61. The molecule has 1 amide bonds. The van der Waals surface area contributed by atoms with Gasteiger partial charge in [0.15, 0.2) is 0 Å². The number of nitrogens with one attached hydrogen (secondary N) is 1. The summed E-state index contributed by atoms with van der Waals surface area (Å²) in [6.45, 7) is 4.37. The molecule has 1 aromatic carbocycles. The van der Waals surface area contributed by atoms with E-state index < -0.39 is 0 Å². The number of likely N-dealkylation sites (tertiary alicyclic amines) is 1. The number of halogens is 1. The van der Waals surface area contributed by atoms with E-state index in [2.05, 4.69) is 10.4 Å². The largest absolute Gasteiger partial charge is 0.338 e. The summed E-state index contributed by atoms with van der Waals surface area (Å²) < 4.78 is 14.8. The maximum Gasteiger partial charge on any atom is 0.257 e. The minimum absolute atomic E-state index is 0.0293. The van der Waals surface area contributed by atoms with Crippen molar-refractivity contribution in [2.75, 3.05) is 26.7 Å². The number of rotatable bonds is 4. The number of carbonyl (C=O) groups excluding carboxylic acids is 1. The quantitative estimate of drug-likeness (QED) is 0.936. The first kappa shape index (κ1) is 16.6. The van der Waals surface area contributed by atoms with Crippen LogP contribution in [0.25, 0.3) is 5.69 Å². The normalized spacial score (nSPS) is 18.0. The van der Waals surface area contributed by atoms with Crippen LogP contribution in [0.4, 0.5) is 4.39 Å². The van der Waals surface area contributed by atoms with Crippen molar-refractivity contribution in [3.05, 3.63) is 47.5 Å². The predicted octanol–water partition coefficient (Wildman–Crippen LogP) is 2.39. The molecular weight excluding hydrogens is 307 g/mol. The van der Waals surface area contributed by atoms with E-state index in [-0.39, 0.29) is 11.7 Å². The lowest BCUT2D eigenvalue weighted by molar-refractivity contribution is 0.0673. The summed E-state index contributed by atoms with van der Waals surface area (Å²) in [6.07, 6.45) is 3.80. The van der Waals surface area contributed by atoms with E-state index in [1.54, 1.807) is 23.0 Å². The van der Waals surface area contributed by atoms with Gasteiger partial charge >= 0.3 is 0 Å². The number of aromatic nitrogens is 2. The Bertz CT molecular complexity index is 708. The van der Waals surface area contributed by atoms with Gasteiger partial charge in [0.2, 0.25) is 0 Å². The summed E-state index contributed by atoms with van der Waals surface area (Å²) in [5, 5.41) is 7.51. The molecule has 2 aromatic rings. The van der Waals surface area contributed by atoms with E-state index in [9.17, 15) is 9.18 Å². The molecule has 5 nitrogen and oxygen atoms in total. The van der Waals surface area contributed by atoms with Crippen molar-refractivity contribution in [2.24, 2.45) is 5.92 Å². The average molecular weight is 330 g/mol. The van der Waals surface area contributed by atoms with E-state index >= 15 is 0 Å². The molecule has 1 aliphatic rings. The van der Waals surface area contributed by atoms with E-state index in [4.69, 9.17) is 0 Å². The van der Waals surface area contributed by atoms with Gasteiger partial charge in [0.1, 0.15) is 5.82 Å². The predicted molar refractivity (Wildman–Crippen MR) is 90.8 cm³/mol. The van der Waals surface area contributed by atoms with Gasteiger partial charge in [0.05, 0.1) is 23.1 Å². The van der Waals surface area contributed by atoms with Crippen LogP contribution in [-0.2, 0) is 0 Å². The van der Waals surface area contributed by atoms with Crippen LogP contribution in [0.1, 0.15) is 28.9 Å². The van der Waals surface area contributed by atoms with Crippen LogP contribution in [0.15, 0.2) is 30.5 Å². The third kappa shape index (κ3) is 3.33. The number of amides is 1. The highest BCUT2D eigenvalue weighted by Crippen LogP contribution is 2.21. The minimum atomic E-state index is -0.288. The molecule has 0 spiro atoms.